The number of nitrogens with one attached hydrogen (secondary N) is 2. The van der Waals surface area contributed by atoms with Gasteiger partial charge >= 0.3 is 0 Å². The molecular weight excluding hydrogens is 260 g/mol. The molecule has 0 heterocycles. The van der Waals surface area contributed by atoms with Gasteiger partial charge in [0.15, 0.2) is 0 Å². The van der Waals surface area contributed by atoms with Crippen LogP contribution in [0.5, 0.6) is 0 Å². The van der Waals surface area contributed by atoms with E-state index in [1.54, 1.807) is 0 Å². The Hall–Kier alpha value is -2.13. The predicted octanol–water partition coefficient (Wildman–Crippen LogP) is 3.24. The highest BCUT2D eigenvalue weighted by Crippen LogP contribution is 2.06. The molecule has 0 radical (unpaired) electrons. The van der Waals surface area contributed by atoms with Crippen LogP contribution in [0.25, 0.3) is 0 Å². The molecule has 1 atom stereocenters. The lowest BCUT2D eigenvalue weighted by Crippen LogP contribution is -2.34. The number of amides is 1. The molecule has 0 spiro atoms. The average Bonchev–Trinajstić information content (AvgIpc) is 2.53. The Morgan fingerprint density at radius 2 is 1.62 bits per heavy atom. The fourth-order valence-corrected chi connectivity index (χ4v) is 2.12. The molecule has 1 unspecified atom stereocenters. The number of carbonyl (C=O) groups excluding carboxylic acids is 1. The van der Waals surface area contributed by atoms with E-state index in [1.165, 1.54) is 5.56 Å². The van der Waals surface area contributed by atoms with Crippen LogP contribution >= 0.6 is 0 Å². The van der Waals surface area contributed by atoms with Crippen LogP contribution in [0.4, 0.5) is 5.69 Å². The van der Waals surface area contributed by atoms with Gasteiger partial charge < -0.3 is 10.6 Å². The van der Waals surface area contributed by atoms with Gasteiger partial charge in [0.25, 0.3) is 0 Å². The summed E-state index contributed by atoms with van der Waals surface area (Å²) in [6, 6.07) is 20.2. The van der Waals surface area contributed by atoms with E-state index < -0.39 is 0 Å². The lowest BCUT2D eigenvalue weighted by Gasteiger charge is -2.13. The number of aryl methyl sites for hydroxylation is 1. The Bertz CT molecular complexity index is 540. The zero-order valence-electron chi connectivity index (χ0n) is 12.4. The summed E-state index contributed by atoms with van der Waals surface area (Å²) in [5.41, 5.74) is 2.17. The van der Waals surface area contributed by atoms with Gasteiger partial charge in [-0.3, -0.25) is 4.79 Å². The molecule has 3 nitrogen and oxygen atoms in total. The molecule has 2 aromatic rings. The smallest absolute Gasteiger partial charge is 0.238 e. The molecule has 0 aliphatic carbocycles. The zero-order valence-corrected chi connectivity index (χ0v) is 12.4. The van der Waals surface area contributed by atoms with Gasteiger partial charge in [-0.05, 0) is 37.5 Å². The maximum absolute atomic E-state index is 11.8. The quantitative estimate of drug-likeness (QED) is 0.818. The van der Waals surface area contributed by atoms with Gasteiger partial charge in [0.1, 0.15) is 0 Å². The van der Waals surface area contributed by atoms with Crippen molar-refractivity contribution in [2.45, 2.75) is 25.8 Å². The van der Waals surface area contributed by atoms with E-state index >= 15 is 0 Å². The number of rotatable bonds is 7. The van der Waals surface area contributed by atoms with Crippen LogP contribution in [-0.2, 0) is 11.2 Å². The van der Waals surface area contributed by atoms with E-state index in [0.29, 0.717) is 12.6 Å². The number of benzene rings is 2. The summed E-state index contributed by atoms with van der Waals surface area (Å²) in [7, 11) is 0. The molecule has 0 fully saturated rings. The van der Waals surface area contributed by atoms with Crippen LogP contribution in [0.2, 0.25) is 0 Å². The zero-order chi connectivity index (χ0) is 14.9. The second-order valence-corrected chi connectivity index (χ2v) is 5.22. The van der Waals surface area contributed by atoms with E-state index in [0.717, 1.165) is 18.5 Å². The van der Waals surface area contributed by atoms with Crippen LogP contribution in [0, 0.1) is 0 Å². The van der Waals surface area contributed by atoms with Gasteiger partial charge in [-0.1, -0.05) is 48.5 Å². The lowest BCUT2D eigenvalue weighted by atomic mass is 10.1. The van der Waals surface area contributed by atoms with Crippen molar-refractivity contribution in [1.29, 1.82) is 0 Å². The van der Waals surface area contributed by atoms with Gasteiger partial charge in [0.2, 0.25) is 5.91 Å². The predicted molar refractivity (Wildman–Crippen MR) is 87.3 cm³/mol. The van der Waals surface area contributed by atoms with Crippen LogP contribution in [0.1, 0.15) is 18.9 Å². The number of anilines is 1. The maximum atomic E-state index is 11.8. The summed E-state index contributed by atoms with van der Waals surface area (Å²) in [5.74, 6) is -0.00670. The molecule has 0 aliphatic rings. The van der Waals surface area contributed by atoms with Crippen molar-refractivity contribution in [2.75, 3.05) is 11.9 Å². The monoisotopic (exact) mass is 282 g/mol. The average molecular weight is 282 g/mol. The highest BCUT2D eigenvalue weighted by atomic mass is 16.1. The molecule has 21 heavy (non-hydrogen) atoms. The minimum absolute atomic E-state index is 0.00670. The van der Waals surface area contributed by atoms with Gasteiger partial charge in [0.05, 0.1) is 6.54 Å². The molecule has 0 bridgehead atoms. The molecule has 0 aromatic heterocycles. The van der Waals surface area contributed by atoms with Gasteiger partial charge in [-0.25, -0.2) is 0 Å². The minimum Gasteiger partial charge on any atom is -0.325 e. The second-order valence-electron chi connectivity index (χ2n) is 5.22. The van der Waals surface area contributed by atoms with Gasteiger partial charge in [-0.15, -0.1) is 0 Å². The van der Waals surface area contributed by atoms with E-state index in [4.69, 9.17) is 0 Å². The Labute approximate surface area is 126 Å². The van der Waals surface area contributed by atoms with E-state index in [2.05, 4.69) is 41.8 Å². The summed E-state index contributed by atoms with van der Waals surface area (Å²) in [6.45, 7) is 2.45. The Kier molecular flexibility index (Phi) is 5.98. The summed E-state index contributed by atoms with van der Waals surface area (Å²) in [4.78, 5) is 11.8. The Morgan fingerprint density at radius 3 is 2.29 bits per heavy atom. The number of carbonyl (C=O) groups is 1. The Morgan fingerprint density at radius 1 is 1.00 bits per heavy atom. The molecule has 0 saturated heterocycles. The standard InChI is InChI=1S/C18H22N2O/c1-15(12-13-16-8-4-2-5-9-16)19-14-18(21)20-17-10-6-3-7-11-17/h2-11,15,19H,12-14H2,1H3,(H,20,21). The van der Waals surface area contributed by atoms with Crippen LogP contribution in [-0.4, -0.2) is 18.5 Å². The normalized spacial score (nSPS) is 11.9. The first-order valence-electron chi connectivity index (χ1n) is 7.36. The van der Waals surface area contributed by atoms with Crippen molar-refractivity contribution in [3.63, 3.8) is 0 Å². The van der Waals surface area contributed by atoms with Crippen molar-refractivity contribution in [3.05, 3.63) is 66.2 Å². The molecule has 1 amide bonds. The molecular formula is C18H22N2O. The molecule has 0 saturated carbocycles. The minimum atomic E-state index is -0.00670. The number of hydrogen-bond acceptors (Lipinski definition) is 2. The van der Waals surface area contributed by atoms with Gasteiger partial charge in [-0.2, -0.15) is 0 Å². The fraction of sp³-hybridized carbons (Fsp3) is 0.278. The van der Waals surface area contributed by atoms with Crippen molar-refractivity contribution < 1.29 is 4.79 Å². The van der Waals surface area contributed by atoms with E-state index in [9.17, 15) is 4.79 Å². The van der Waals surface area contributed by atoms with Crippen LogP contribution < -0.4 is 10.6 Å². The number of para-hydroxylation sites is 1. The SMILES string of the molecule is CC(CCc1ccccc1)NCC(=O)Nc1ccccc1. The third kappa shape index (κ3) is 5.79. The highest BCUT2D eigenvalue weighted by Gasteiger charge is 2.06. The third-order valence-corrected chi connectivity index (χ3v) is 3.38. The molecule has 0 aliphatic heterocycles. The summed E-state index contributed by atoms with van der Waals surface area (Å²) >= 11 is 0. The van der Waals surface area contributed by atoms with Crippen molar-refractivity contribution in [1.82, 2.24) is 5.32 Å². The Balaban J connectivity index is 1.66. The topological polar surface area (TPSA) is 41.1 Å². The highest BCUT2D eigenvalue weighted by molar-refractivity contribution is 5.92. The van der Waals surface area contributed by atoms with Crippen LogP contribution in [0.15, 0.2) is 60.7 Å². The van der Waals surface area contributed by atoms with E-state index in [-0.39, 0.29) is 5.91 Å². The fourth-order valence-electron chi connectivity index (χ4n) is 2.12. The molecule has 2 aromatic carbocycles. The van der Waals surface area contributed by atoms with Crippen molar-refractivity contribution >= 4 is 11.6 Å². The number of hydrogen-bond donors (Lipinski definition) is 2. The summed E-state index contributed by atoms with van der Waals surface area (Å²) in [6.07, 6.45) is 2.04. The first-order chi connectivity index (χ1) is 10.2. The summed E-state index contributed by atoms with van der Waals surface area (Å²) in [5, 5.41) is 6.13. The third-order valence-electron chi connectivity index (χ3n) is 3.38. The first kappa shape index (κ1) is 15.3. The van der Waals surface area contributed by atoms with Gasteiger partial charge in [0, 0.05) is 11.7 Å². The summed E-state index contributed by atoms with van der Waals surface area (Å²) < 4.78 is 0. The van der Waals surface area contributed by atoms with Crippen LogP contribution in [0.3, 0.4) is 0 Å². The lowest BCUT2D eigenvalue weighted by molar-refractivity contribution is -0.115. The molecule has 110 valence electrons. The first-order valence-corrected chi connectivity index (χ1v) is 7.36. The van der Waals surface area contributed by atoms with E-state index in [1.807, 2.05) is 36.4 Å². The largest absolute Gasteiger partial charge is 0.325 e. The van der Waals surface area contributed by atoms with Crippen molar-refractivity contribution in [3.8, 4) is 0 Å². The maximum Gasteiger partial charge on any atom is 0.238 e. The van der Waals surface area contributed by atoms with Crippen molar-refractivity contribution in [2.24, 2.45) is 0 Å². The molecule has 3 heteroatoms. The molecule has 2 rings (SSSR count). The molecule has 2 N–H and O–H groups in total. The second kappa shape index (κ2) is 8.22.